The predicted octanol–water partition coefficient (Wildman–Crippen LogP) is 4.55. The molecule has 3 aromatic rings. The van der Waals surface area contributed by atoms with Crippen LogP contribution in [0, 0.1) is 0 Å². The molecule has 2 aromatic carbocycles. The third-order valence-electron chi connectivity index (χ3n) is 6.63. The van der Waals surface area contributed by atoms with Crippen LogP contribution in [0.1, 0.15) is 25.8 Å². The molecular weight excluding hydrogens is 452 g/mol. The van der Waals surface area contributed by atoms with Gasteiger partial charge < -0.3 is 29.3 Å². The zero-order valence-corrected chi connectivity index (χ0v) is 21.5. The van der Waals surface area contributed by atoms with Crippen LogP contribution in [0.4, 0.5) is 16.2 Å². The standard InChI is InChI=1S/C28H38N6O2/c1-3-31-18-20-33(21-19-31)26-12-7-6-11-25(26)30-28(35)34(16-9-15-32-17-14-29-23-32)22-24-10-5-8-13-27(24)36-4-2/h5-8,10-14,17,23H,3-4,9,15-16,18-22H2,1-2H3,(H,30,35). The van der Waals surface area contributed by atoms with Gasteiger partial charge >= 0.3 is 6.03 Å². The molecule has 1 N–H and O–H groups in total. The van der Waals surface area contributed by atoms with Crippen molar-refractivity contribution in [3.8, 4) is 5.75 Å². The van der Waals surface area contributed by atoms with Gasteiger partial charge in [0.2, 0.25) is 0 Å². The van der Waals surface area contributed by atoms with Gasteiger partial charge in [-0.3, -0.25) is 0 Å². The van der Waals surface area contributed by atoms with E-state index in [4.69, 9.17) is 4.74 Å². The number of carbonyl (C=O) groups excluding carboxylic acids is 1. The lowest BCUT2D eigenvalue weighted by Crippen LogP contribution is -2.46. The first-order valence-corrected chi connectivity index (χ1v) is 13.0. The maximum Gasteiger partial charge on any atom is 0.322 e. The van der Waals surface area contributed by atoms with Crippen molar-refractivity contribution in [2.24, 2.45) is 0 Å². The first kappa shape index (κ1) is 25.6. The number of hydrogen-bond acceptors (Lipinski definition) is 5. The number of likely N-dealkylation sites (N-methyl/N-ethyl adjacent to an activating group) is 1. The number of aryl methyl sites for hydroxylation is 1. The zero-order chi connectivity index (χ0) is 25.2. The number of para-hydroxylation sites is 3. The summed E-state index contributed by atoms with van der Waals surface area (Å²) >= 11 is 0. The van der Waals surface area contributed by atoms with E-state index >= 15 is 0 Å². The van der Waals surface area contributed by atoms with Crippen LogP contribution in [0.5, 0.6) is 5.75 Å². The van der Waals surface area contributed by atoms with E-state index in [1.54, 1.807) is 6.20 Å². The van der Waals surface area contributed by atoms with E-state index in [9.17, 15) is 4.79 Å². The van der Waals surface area contributed by atoms with Gasteiger partial charge in [0.15, 0.2) is 0 Å². The Bertz CT molecular complexity index is 1080. The first-order valence-electron chi connectivity index (χ1n) is 13.0. The van der Waals surface area contributed by atoms with E-state index in [0.29, 0.717) is 19.7 Å². The number of hydrogen-bond donors (Lipinski definition) is 1. The Balaban J connectivity index is 1.49. The fourth-order valence-corrected chi connectivity index (χ4v) is 4.61. The van der Waals surface area contributed by atoms with Crippen LogP contribution in [0.2, 0.25) is 0 Å². The molecule has 0 spiro atoms. The number of aromatic nitrogens is 2. The highest BCUT2D eigenvalue weighted by Gasteiger charge is 2.21. The second-order valence-electron chi connectivity index (χ2n) is 8.98. The molecule has 1 saturated heterocycles. The average Bonchev–Trinajstić information content (AvgIpc) is 3.43. The number of nitrogens with zero attached hydrogens (tertiary/aromatic N) is 5. The fourth-order valence-electron chi connectivity index (χ4n) is 4.61. The van der Waals surface area contributed by atoms with Gasteiger partial charge in [-0.15, -0.1) is 0 Å². The van der Waals surface area contributed by atoms with Crippen molar-refractivity contribution in [3.63, 3.8) is 0 Å². The van der Waals surface area contributed by atoms with Crippen molar-refractivity contribution in [3.05, 3.63) is 72.8 Å². The summed E-state index contributed by atoms with van der Waals surface area (Å²) < 4.78 is 7.87. The smallest absolute Gasteiger partial charge is 0.322 e. The number of piperazine rings is 1. The average molecular weight is 491 g/mol. The molecule has 0 bridgehead atoms. The van der Waals surface area contributed by atoms with E-state index in [0.717, 1.165) is 68.4 Å². The predicted molar refractivity (Wildman–Crippen MR) is 145 cm³/mol. The van der Waals surface area contributed by atoms with Crippen molar-refractivity contribution in [2.45, 2.75) is 33.4 Å². The van der Waals surface area contributed by atoms with Crippen LogP contribution >= 0.6 is 0 Å². The van der Waals surface area contributed by atoms with Gasteiger partial charge in [-0.05, 0) is 38.1 Å². The molecule has 4 rings (SSSR count). The summed E-state index contributed by atoms with van der Waals surface area (Å²) in [6.45, 7) is 11.7. The van der Waals surface area contributed by atoms with Gasteiger partial charge in [0.25, 0.3) is 0 Å². The summed E-state index contributed by atoms with van der Waals surface area (Å²) in [5.41, 5.74) is 2.93. The summed E-state index contributed by atoms with van der Waals surface area (Å²) in [4.78, 5) is 24.5. The molecule has 192 valence electrons. The van der Waals surface area contributed by atoms with Crippen LogP contribution < -0.4 is 15.0 Å². The molecule has 0 unspecified atom stereocenters. The molecule has 0 atom stereocenters. The maximum atomic E-state index is 13.6. The Morgan fingerprint density at radius 3 is 2.58 bits per heavy atom. The molecule has 1 aromatic heterocycles. The number of benzene rings is 2. The number of rotatable bonds is 11. The minimum Gasteiger partial charge on any atom is -0.494 e. The van der Waals surface area contributed by atoms with Crippen molar-refractivity contribution >= 4 is 17.4 Å². The van der Waals surface area contributed by atoms with E-state index in [1.165, 1.54) is 0 Å². The van der Waals surface area contributed by atoms with Crippen LogP contribution in [0.3, 0.4) is 0 Å². The summed E-state index contributed by atoms with van der Waals surface area (Å²) in [6.07, 6.45) is 6.36. The summed E-state index contributed by atoms with van der Waals surface area (Å²) in [7, 11) is 0. The lowest BCUT2D eigenvalue weighted by molar-refractivity contribution is 0.206. The number of carbonyl (C=O) groups is 1. The topological polar surface area (TPSA) is 65.9 Å². The number of ether oxygens (including phenoxy) is 1. The van der Waals surface area contributed by atoms with E-state index < -0.39 is 0 Å². The second kappa shape index (κ2) is 13.0. The van der Waals surface area contributed by atoms with Crippen LogP contribution in [-0.4, -0.2) is 71.3 Å². The monoisotopic (exact) mass is 490 g/mol. The first-order chi connectivity index (χ1) is 17.7. The van der Waals surface area contributed by atoms with Crippen molar-refractivity contribution < 1.29 is 9.53 Å². The minimum atomic E-state index is -0.105. The molecule has 0 radical (unpaired) electrons. The molecule has 2 amide bonds. The molecule has 0 saturated carbocycles. The van der Waals surface area contributed by atoms with Crippen molar-refractivity contribution in [1.82, 2.24) is 19.4 Å². The van der Waals surface area contributed by atoms with Gasteiger partial charge in [-0.25, -0.2) is 9.78 Å². The van der Waals surface area contributed by atoms with Crippen LogP contribution in [0.25, 0.3) is 0 Å². The van der Waals surface area contributed by atoms with Gasteiger partial charge in [0.05, 0.1) is 30.9 Å². The normalized spacial score (nSPS) is 14.0. The molecule has 1 aliphatic rings. The highest BCUT2D eigenvalue weighted by atomic mass is 16.5. The Labute approximate surface area is 214 Å². The Kier molecular flexibility index (Phi) is 9.21. The summed E-state index contributed by atoms with van der Waals surface area (Å²) in [5.74, 6) is 0.821. The van der Waals surface area contributed by atoms with Gasteiger partial charge in [0, 0.05) is 57.2 Å². The van der Waals surface area contributed by atoms with Crippen LogP contribution in [0.15, 0.2) is 67.3 Å². The highest BCUT2D eigenvalue weighted by molar-refractivity contribution is 5.93. The van der Waals surface area contributed by atoms with Crippen molar-refractivity contribution in [1.29, 1.82) is 0 Å². The quantitative estimate of drug-likeness (QED) is 0.427. The number of imidazole rings is 1. The molecule has 8 heteroatoms. The Morgan fingerprint density at radius 1 is 1.06 bits per heavy atom. The molecule has 2 heterocycles. The number of urea groups is 1. The summed E-state index contributed by atoms with van der Waals surface area (Å²) in [5, 5.41) is 3.22. The lowest BCUT2D eigenvalue weighted by Gasteiger charge is -2.36. The summed E-state index contributed by atoms with van der Waals surface area (Å²) in [6, 6.07) is 16.0. The number of amides is 2. The molecule has 1 fully saturated rings. The van der Waals surface area contributed by atoms with E-state index in [2.05, 4.69) is 33.1 Å². The highest BCUT2D eigenvalue weighted by Crippen LogP contribution is 2.28. The third kappa shape index (κ3) is 6.79. The van der Waals surface area contributed by atoms with E-state index in [1.807, 2.05) is 71.4 Å². The SMILES string of the molecule is CCOc1ccccc1CN(CCCn1ccnc1)C(=O)Nc1ccccc1N1CCN(CC)CC1. The third-order valence-corrected chi connectivity index (χ3v) is 6.63. The molecule has 8 nitrogen and oxygen atoms in total. The van der Waals surface area contributed by atoms with Gasteiger partial charge in [-0.2, -0.15) is 0 Å². The fraction of sp³-hybridized carbons (Fsp3) is 0.429. The molecule has 36 heavy (non-hydrogen) atoms. The molecule has 1 aliphatic heterocycles. The largest absolute Gasteiger partial charge is 0.494 e. The molecule has 0 aliphatic carbocycles. The number of anilines is 2. The van der Waals surface area contributed by atoms with Gasteiger partial charge in [0.1, 0.15) is 5.75 Å². The van der Waals surface area contributed by atoms with E-state index in [-0.39, 0.29) is 6.03 Å². The maximum absolute atomic E-state index is 13.6. The van der Waals surface area contributed by atoms with Crippen molar-refractivity contribution in [2.75, 3.05) is 56.1 Å². The van der Waals surface area contributed by atoms with Crippen LogP contribution in [-0.2, 0) is 13.1 Å². The minimum absolute atomic E-state index is 0.105. The van der Waals surface area contributed by atoms with Gasteiger partial charge in [-0.1, -0.05) is 37.3 Å². The lowest BCUT2D eigenvalue weighted by atomic mass is 10.2. The zero-order valence-electron chi connectivity index (χ0n) is 21.5. The molecular formula is C28H38N6O2. The number of nitrogens with one attached hydrogen (secondary N) is 1. The Hall–Kier alpha value is -3.52. The second-order valence-corrected chi connectivity index (χ2v) is 8.98. The Morgan fingerprint density at radius 2 is 1.83 bits per heavy atom.